The van der Waals surface area contributed by atoms with E-state index in [1.807, 2.05) is 14.1 Å². The van der Waals surface area contributed by atoms with Crippen molar-refractivity contribution in [3.05, 3.63) is 0 Å². The summed E-state index contributed by atoms with van der Waals surface area (Å²) < 4.78 is 0. The summed E-state index contributed by atoms with van der Waals surface area (Å²) in [7, 11) is 3.75. The predicted octanol–water partition coefficient (Wildman–Crippen LogP) is 1.00. The van der Waals surface area contributed by atoms with Crippen molar-refractivity contribution >= 4 is 0 Å². The number of rotatable bonds is 1. The third-order valence-corrected chi connectivity index (χ3v) is 1.94. The molecule has 10 heavy (non-hydrogen) atoms. The van der Waals surface area contributed by atoms with Gasteiger partial charge in [0, 0.05) is 6.61 Å². The second-order valence-corrected chi connectivity index (χ2v) is 3.32. The van der Waals surface area contributed by atoms with Crippen LogP contribution in [0.5, 0.6) is 0 Å². The van der Waals surface area contributed by atoms with E-state index in [9.17, 15) is 0 Å². The minimum absolute atomic E-state index is 0.319. The number of aliphatic hydroxyl groups is 1. The molecule has 0 radical (unpaired) electrons. The van der Waals surface area contributed by atoms with Crippen LogP contribution in [0.2, 0.25) is 0 Å². The van der Waals surface area contributed by atoms with Gasteiger partial charge in [-0.2, -0.15) is 0 Å². The van der Waals surface area contributed by atoms with Crippen molar-refractivity contribution < 1.29 is 5.11 Å². The summed E-state index contributed by atoms with van der Waals surface area (Å²) in [6.07, 6.45) is 3.77. The van der Waals surface area contributed by atoms with Gasteiger partial charge in [0.15, 0.2) is 0 Å². The Bertz CT molecular complexity index is 73.8. The number of aliphatic hydroxyl groups excluding tert-OH is 1. The second kappa shape index (κ2) is 4.69. The van der Waals surface area contributed by atoms with Crippen LogP contribution in [0.3, 0.4) is 0 Å². The van der Waals surface area contributed by atoms with Gasteiger partial charge in [0.25, 0.3) is 0 Å². The zero-order valence-corrected chi connectivity index (χ0v) is 7.28. The SMILES string of the molecule is CC1(CO)CCC1.CNC. The van der Waals surface area contributed by atoms with Crippen LogP contribution in [-0.2, 0) is 0 Å². The number of hydrogen-bond acceptors (Lipinski definition) is 2. The Morgan fingerprint density at radius 3 is 1.80 bits per heavy atom. The Morgan fingerprint density at radius 2 is 1.80 bits per heavy atom. The van der Waals surface area contributed by atoms with Crippen molar-refractivity contribution in [2.24, 2.45) is 5.41 Å². The standard InChI is InChI=1S/C6H12O.C2H7N/c1-6(5-7)3-2-4-6;1-3-2/h7H,2-5H2,1H3;3H,1-2H3. The van der Waals surface area contributed by atoms with Gasteiger partial charge in [-0.05, 0) is 32.4 Å². The molecule has 0 aromatic heterocycles. The monoisotopic (exact) mass is 145 g/mol. The van der Waals surface area contributed by atoms with E-state index in [0.717, 1.165) is 0 Å². The molecule has 2 N–H and O–H groups in total. The topological polar surface area (TPSA) is 32.3 Å². The van der Waals surface area contributed by atoms with E-state index in [-0.39, 0.29) is 0 Å². The Kier molecular flexibility index (Phi) is 4.65. The van der Waals surface area contributed by atoms with Crippen LogP contribution < -0.4 is 5.32 Å². The highest BCUT2D eigenvalue weighted by Crippen LogP contribution is 2.39. The third-order valence-electron chi connectivity index (χ3n) is 1.94. The highest BCUT2D eigenvalue weighted by atomic mass is 16.3. The van der Waals surface area contributed by atoms with Gasteiger partial charge >= 0.3 is 0 Å². The van der Waals surface area contributed by atoms with Crippen molar-refractivity contribution in [2.75, 3.05) is 20.7 Å². The Labute approximate surface area is 63.6 Å². The van der Waals surface area contributed by atoms with E-state index >= 15 is 0 Å². The molecule has 0 saturated heterocycles. The molecule has 0 atom stereocenters. The molecular weight excluding hydrogens is 126 g/mol. The van der Waals surface area contributed by atoms with Gasteiger partial charge in [0.05, 0.1) is 0 Å². The first-order chi connectivity index (χ1) is 4.68. The zero-order chi connectivity index (χ0) is 8.04. The fourth-order valence-electron chi connectivity index (χ4n) is 0.938. The summed E-state index contributed by atoms with van der Waals surface area (Å²) in [4.78, 5) is 0. The van der Waals surface area contributed by atoms with Crippen LogP contribution in [0.1, 0.15) is 26.2 Å². The minimum atomic E-state index is 0.319. The van der Waals surface area contributed by atoms with Gasteiger partial charge < -0.3 is 10.4 Å². The molecule has 2 nitrogen and oxygen atoms in total. The van der Waals surface area contributed by atoms with Crippen LogP contribution in [0.4, 0.5) is 0 Å². The average molecular weight is 145 g/mol. The maximum Gasteiger partial charge on any atom is 0.0484 e. The lowest BCUT2D eigenvalue weighted by Gasteiger charge is -2.36. The molecule has 62 valence electrons. The Balaban J connectivity index is 0.000000236. The van der Waals surface area contributed by atoms with Crippen molar-refractivity contribution in [1.29, 1.82) is 0 Å². The molecule has 0 spiro atoms. The molecule has 0 aliphatic heterocycles. The van der Waals surface area contributed by atoms with Crippen molar-refractivity contribution in [3.8, 4) is 0 Å². The van der Waals surface area contributed by atoms with Gasteiger partial charge in [0.2, 0.25) is 0 Å². The van der Waals surface area contributed by atoms with Crippen LogP contribution in [0.15, 0.2) is 0 Å². The maximum absolute atomic E-state index is 8.65. The van der Waals surface area contributed by atoms with Gasteiger partial charge in [0.1, 0.15) is 0 Å². The van der Waals surface area contributed by atoms with Gasteiger partial charge in [-0.3, -0.25) is 0 Å². The smallest absolute Gasteiger partial charge is 0.0484 e. The molecule has 0 bridgehead atoms. The molecule has 1 saturated carbocycles. The van der Waals surface area contributed by atoms with Crippen LogP contribution in [0.25, 0.3) is 0 Å². The largest absolute Gasteiger partial charge is 0.396 e. The lowest BCUT2D eigenvalue weighted by molar-refractivity contribution is 0.0637. The Morgan fingerprint density at radius 1 is 1.40 bits per heavy atom. The molecule has 0 aromatic carbocycles. The molecule has 1 aliphatic rings. The van der Waals surface area contributed by atoms with Crippen molar-refractivity contribution in [2.45, 2.75) is 26.2 Å². The molecule has 0 unspecified atom stereocenters. The van der Waals surface area contributed by atoms with Crippen LogP contribution >= 0.6 is 0 Å². The fourth-order valence-corrected chi connectivity index (χ4v) is 0.938. The Hall–Kier alpha value is -0.0800. The van der Waals surface area contributed by atoms with E-state index in [0.29, 0.717) is 12.0 Å². The maximum atomic E-state index is 8.65. The number of nitrogens with one attached hydrogen (secondary N) is 1. The van der Waals surface area contributed by atoms with E-state index in [4.69, 9.17) is 5.11 Å². The molecule has 1 fully saturated rings. The summed E-state index contributed by atoms with van der Waals surface area (Å²) in [5, 5.41) is 11.4. The third kappa shape index (κ3) is 3.18. The van der Waals surface area contributed by atoms with Crippen molar-refractivity contribution in [3.63, 3.8) is 0 Å². The summed E-state index contributed by atoms with van der Waals surface area (Å²) in [5.41, 5.74) is 0.319. The zero-order valence-electron chi connectivity index (χ0n) is 7.28. The van der Waals surface area contributed by atoms with Gasteiger partial charge in [-0.25, -0.2) is 0 Å². The van der Waals surface area contributed by atoms with Gasteiger partial charge in [-0.1, -0.05) is 13.3 Å². The van der Waals surface area contributed by atoms with E-state index in [1.54, 1.807) is 0 Å². The molecule has 0 heterocycles. The second-order valence-electron chi connectivity index (χ2n) is 3.32. The highest BCUT2D eigenvalue weighted by molar-refractivity contribution is 4.81. The normalized spacial score (nSPS) is 20.4. The summed E-state index contributed by atoms with van der Waals surface area (Å²) in [5.74, 6) is 0. The first-order valence-corrected chi connectivity index (χ1v) is 3.88. The average Bonchev–Trinajstić information content (AvgIpc) is 1.85. The first kappa shape index (κ1) is 9.92. The fraction of sp³-hybridized carbons (Fsp3) is 1.00. The predicted molar refractivity (Wildman–Crippen MR) is 44.0 cm³/mol. The highest BCUT2D eigenvalue weighted by Gasteiger charge is 2.30. The summed E-state index contributed by atoms with van der Waals surface area (Å²) >= 11 is 0. The molecule has 1 rings (SSSR count). The molecule has 2 heteroatoms. The van der Waals surface area contributed by atoms with E-state index in [2.05, 4.69) is 12.2 Å². The molecule has 1 aliphatic carbocycles. The van der Waals surface area contributed by atoms with Crippen LogP contribution in [0, 0.1) is 5.41 Å². The van der Waals surface area contributed by atoms with Crippen LogP contribution in [-0.4, -0.2) is 25.8 Å². The quantitative estimate of drug-likeness (QED) is 0.577. The minimum Gasteiger partial charge on any atom is -0.396 e. The summed E-state index contributed by atoms with van der Waals surface area (Å²) in [6.45, 7) is 2.52. The lowest BCUT2D eigenvalue weighted by Crippen LogP contribution is -2.29. The summed E-state index contributed by atoms with van der Waals surface area (Å²) in [6, 6.07) is 0. The lowest BCUT2D eigenvalue weighted by atomic mass is 9.71. The molecule has 0 aromatic rings. The van der Waals surface area contributed by atoms with E-state index < -0.39 is 0 Å². The van der Waals surface area contributed by atoms with Crippen molar-refractivity contribution in [1.82, 2.24) is 5.32 Å². The molecule has 0 amide bonds. The van der Waals surface area contributed by atoms with Gasteiger partial charge in [-0.15, -0.1) is 0 Å². The van der Waals surface area contributed by atoms with E-state index in [1.165, 1.54) is 19.3 Å². The number of hydrogen-bond donors (Lipinski definition) is 2. The molecular formula is C8H19NO. The first-order valence-electron chi connectivity index (χ1n) is 3.88.